The number of furan rings is 2. The molecule has 0 unspecified atom stereocenters. The van der Waals surface area contributed by atoms with Gasteiger partial charge in [0.05, 0.1) is 44.1 Å². The fourth-order valence-electron chi connectivity index (χ4n) is 18.0. The highest BCUT2D eigenvalue weighted by Crippen LogP contribution is 2.46. The SMILES string of the molecule is c1ccc(-c2ccc(-n3c4ccccc4c4cc(-c5ccc6c(c5)c5cc7c(cc5n6-c5cccc(-c6ccccc6)c5)oc5ccccc57)ccc43)cc2)cc1.c1ccc(-c2ccc(-n3c4ccccc4c4cc(-c5ccc6c(c5)c5cc7oc8ccccc8c7cc5n6-c5cccc(-c6ccccc6)c5)ccc43)cc2)cc1. The number of para-hydroxylation sites is 4. The molecule has 0 fully saturated rings. The van der Waals surface area contributed by atoms with Crippen molar-refractivity contribution in [2.45, 2.75) is 0 Å². The molecule has 6 nitrogen and oxygen atoms in total. The van der Waals surface area contributed by atoms with Gasteiger partial charge in [0.15, 0.2) is 0 Å². The lowest BCUT2D eigenvalue weighted by Gasteiger charge is -2.11. The van der Waals surface area contributed by atoms with Crippen LogP contribution in [0, 0.1) is 0 Å². The van der Waals surface area contributed by atoms with Crippen LogP contribution in [0.1, 0.15) is 0 Å². The second-order valence-corrected chi connectivity index (χ2v) is 29.9. The van der Waals surface area contributed by atoms with E-state index in [1.807, 2.05) is 12.1 Å². The van der Waals surface area contributed by atoms with Crippen molar-refractivity contribution < 1.29 is 8.83 Å². The summed E-state index contributed by atoms with van der Waals surface area (Å²) >= 11 is 0. The van der Waals surface area contributed by atoms with Crippen LogP contribution in [0.15, 0.2) is 421 Å². The summed E-state index contributed by atoms with van der Waals surface area (Å²) < 4.78 is 22.5. The Morgan fingerprint density at radius 2 is 0.395 bits per heavy atom. The van der Waals surface area contributed by atoms with Gasteiger partial charge >= 0.3 is 0 Å². The average Bonchev–Trinajstić information content (AvgIpc) is 1.56. The third-order valence-corrected chi connectivity index (χ3v) is 23.4. The van der Waals surface area contributed by atoms with Gasteiger partial charge in [0, 0.05) is 93.5 Å². The number of hydrogen-bond donors (Lipinski definition) is 0. The molecule has 532 valence electrons. The zero-order chi connectivity index (χ0) is 74.9. The highest BCUT2D eigenvalue weighted by atomic mass is 16.3. The molecular weight excluding hydrogens is 1390 g/mol. The lowest BCUT2D eigenvalue weighted by atomic mass is 10.00. The Morgan fingerprint density at radius 1 is 0.123 bits per heavy atom. The number of fused-ring (bicyclic) bond motifs is 18. The highest BCUT2D eigenvalue weighted by molar-refractivity contribution is 6.21. The molecule has 0 saturated carbocycles. The predicted octanol–water partition coefficient (Wildman–Crippen LogP) is 29.6. The molecule has 0 aliphatic rings. The molecular formula is C108H68N4O2. The van der Waals surface area contributed by atoms with Crippen LogP contribution in [-0.2, 0) is 0 Å². The fourth-order valence-corrected chi connectivity index (χ4v) is 18.0. The van der Waals surface area contributed by atoms with E-state index < -0.39 is 0 Å². The Morgan fingerprint density at radius 3 is 0.816 bits per heavy atom. The normalized spacial score (nSPS) is 11.9. The van der Waals surface area contributed by atoms with Gasteiger partial charge in [-0.15, -0.1) is 0 Å². The smallest absolute Gasteiger partial charge is 0.137 e. The molecule has 0 saturated heterocycles. The number of hydrogen-bond acceptors (Lipinski definition) is 2. The van der Waals surface area contributed by atoms with E-state index in [0.717, 1.165) is 88.7 Å². The van der Waals surface area contributed by atoms with E-state index in [2.05, 4.69) is 419 Å². The zero-order valence-electron chi connectivity index (χ0n) is 61.9. The lowest BCUT2D eigenvalue weighted by molar-refractivity contribution is 0.669. The standard InChI is InChI=1S/2C54H34N2O/c1-3-12-35(13-4-1)37-22-26-41(27-23-37)55-49-20-9-7-18-43(49)45-31-39(24-28-50(45)55)40-25-29-51-46(32-40)47-34-54-48(44-19-8-10-21-53(44)57-54)33-52(47)56(51)42-17-11-16-38(30-42)36-14-5-2-6-15-36;1-3-12-35(13-4-1)37-22-26-41(27-23-37)55-49-20-9-7-18-43(49)45-31-39(24-28-50(45)55)40-25-29-51-46(32-40)47-33-48-44-19-8-10-21-53(44)57-54(48)34-52(47)56(51)42-17-11-16-38(30-42)36-14-5-2-6-15-36/h2*1-34H. The lowest BCUT2D eigenvalue weighted by Crippen LogP contribution is -1.94. The molecule has 6 heteroatoms. The van der Waals surface area contributed by atoms with Crippen molar-refractivity contribution in [2.75, 3.05) is 0 Å². The van der Waals surface area contributed by atoms with Crippen molar-refractivity contribution in [1.82, 2.24) is 18.3 Å². The Balaban J connectivity index is 0.000000135. The van der Waals surface area contributed by atoms with E-state index in [1.165, 1.54) is 132 Å². The molecule has 0 amide bonds. The van der Waals surface area contributed by atoms with Gasteiger partial charge in [-0.1, -0.05) is 267 Å². The Kier molecular flexibility index (Phi) is 14.9. The van der Waals surface area contributed by atoms with Gasteiger partial charge in [0.2, 0.25) is 0 Å². The molecule has 0 radical (unpaired) electrons. The maximum absolute atomic E-state index is 6.46. The summed E-state index contributed by atoms with van der Waals surface area (Å²) in [6.45, 7) is 0. The predicted molar refractivity (Wildman–Crippen MR) is 477 cm³/mol. The van der Waals surface area contributed by atoms with Crippen molar-refractivity contribution in [2.24, 2.45) is 0 Å². The van der Waals surface area contributed by atoms with Crippen LogP contribution in [0.2, 0.25) is 0 Å². The van der Waals surface area contributed by atoms with Crippen LogP contribution in [0.4, 0.5) is 0 Å². The summed E-state index contributed by atoms with van der Waals surface area (Å²) in [6.07, 6.45) is 0. The van der Waals surface area contributed by atoms with E-state index in [9.17, 15) is 0 Å². The minimum absolute atomic E-state index is 0.892. The molecule has 6 aromatic heterocycles. The number of nitrogens with zero attached hydrogens (tertiary/aromatic N) is 4. The second-order valence-electron chi connectivity index (χ2n) is 29.9. The topological polar surface area (TPSA) is 46.0 Å². The maximum Gasteiger partial charge on any atom is 0.137 e. The van der Waals surface area contributed by atoms with Crippen molar-refractivity contribution in [1.29, 1.82) is 0 Å². The molecule has 0 spiro atoms. The van der Waals surface area contributed by atoms with Gasteiger partial charge in [0.25, 0.3) is 0 Å². The fraction of sp³-hybridized carbons (Fsp3) is 0. The van der Waals surface area contributed by atoms with Gasteiger partial charge < -0.3 is 27.1 Å². The molecule has 0 atom stereocenters. The third kappa shape index (κ3) is 10.6. The summed E-state index contributed by atoms with van der Waals surface area (Å²) in [7, 11) is 0. The van der Waals surface area contributed by atoms with E-state index in [1.54, 1.807) is 0 Å². The molecule has 0 aliphatic heterocycles. The number of benzene rings is 18. The quantitative estimate of drug-likeness (QED) is 0.137. The van der Waals surface area contributed by atoms with Gasteiger partial charge in [-0.05, 0) is 206 Å². The molecule has 18 aromatic carbocycles. The summed E-state index contributed by atoms with van der Waals surface area (Å²) in [5, 5.41) is 14.2. The monoisotopic (exact) mass is 1450 g/mol. The van der Waals surface area contributed by atoms with Crippen LogP contribution in [0.5, 0.6) is 0 Å². The van der Waals surface area contributed by atoms with Gasteiger partial charge in [-0.3, -0.25) is 0 Å². The van der Waals surface area contributed by atoms with E-state index in [0.29, 0.717) is 0 Å². The van der Waals surface area contributed by atoms with Crippen molar-refractivity contribution >= 4 is 131 Å². The van der Waals surface area contributed by atoms with Gasteiger partial charge in [0.1, 0.15) is 22.3 Å². The van der Waals surface area contributed by atoms with Crippen LogP contribution in [0.3, 0.4) is 0 Å². The zero-order valence-corrected chi connectivity index (χ0v) is 61.9. The maximum atomic E-state index is 6.46. The summed E-state index contributed by atoms with van der Waals surface area (Å²) in [5.41, 5.74) is 31.9. The van der Waals surface area contributed by atoms with Crippen LogP contribution in [-0.4, -0.2) is 18.3 Å². The summed E-state index contributed by atoms with van der Waals surface area (Å²) in [5.74, 6) is 0. The summed E-state index contributed by atoms with van der Waals surface area (Å²) in [4.78, 5) is 0. The van der Waals surface area contributed by atoms with Gasteiger partial charge in [-0.2, -0.15) is 0 Å². The Labute approximate surface area is 656 Å². The molecule has 6 heterocycles. The summed E-state index contributed by atoms with van der Waals surface area (Å²) in [6, 6.07) is 149. The van der Waals surface area contributed by atoms with Crippen molar-refractivity contribution in [3.63, 3.8) is 0 Å². The number of aromatic nitrogens is 4. The van der Waals surface area contributed by atoms with E-state index in [-0.39, 0.29) is 0 Å². The Hall–Kier alpha value is -15.2. The minimum Gasteiger partial charge on any atom is -0.456 e. The van der Waals surface area contributed by atoms with Crippen LogP contribution in [0.25, 0.3) is 221 Å². The first-order valence-electron chi connectivity index (χ1n) is 39.0. The first-order valence-corrected chi connectivity index (χ1v) is 39.0. The Bertz CT molecular complexity index is 7920. The molecule has 0 bridgehead atoms. The average molecular weight is 1450 g/mol. The van der Waals surface area contributed by atoms with Crippen molar-refractivity contribution in [3.05, 3.63) is 413 Å². The highest BCUT2D eigenvalue weighted by Gasteiger charge is 2.23. The second kappa shape index (κ2) is 26.2. The van der Waals surface area contributed by atoms with E-state index >= 15 is 0 Å². The van der Waals surface area contributed by atoms with Crippen LogP contribution < -0.4 is 0 Å². The molecule has 0 aliphatic carbocycles. The largest absolute Gasteiger partial charge is 0.456 e. The molecule has 0 N–H and O–H groups in total. The first kappa shape index (κ1) is 64.7. The van der Waals surface area contributed by atoms with Crippen LogP contribution >= 0.6 is 0 Å². The van der Waals surface area contributed by atoms with Crippen molar-refractivity contribution in [3.8, 4) is 89.5 Å². The first-order chi connectivity index (χ1) is 56.5. The molecule has 24 aromatic rings. The van der Waals surface area contributed by atoms with E-state index in [4.69, 9.17) is 8.83 Å². The minimum atomic E-state index is 0.892. The van der Waals surface area contributed by atoms with Gasteiger partial charge in [-0.25, -0.2) is 0 Å². The third-order valence-electron chi connectivity index (χ3n) is 23.4. The number of rotatable bonds is 10. The molecule has 24 rings (SSSR count). The molecule has 114 heavy (non-hydrogen) atoms.